The molecular weight excluding hydrogens is 297 g/mol. The van der Waals surface area contributed by atoms with Crippen LogP contribution in [0.5, 0.6) is 0 Å². The molecule has 0 bridgehead atoms. The van der Waals surface area contributed by atoms with Gasteiger partial charge in [0.05, 0.1) is 10.0 Å². The quantitative estimate of drug-likeness (QED) is 0.855. The Kier molecular flexibility index (Phi) is 5.13. The zero-order valence-corrected chi connectivity index (χ0v) is 13.1. The Morgan fingerprint density at radius 1 is 1.20 bits per heavy atom. The zero-order chi connectivity index (χ0) is 14.7. The Morgan fingerprint density at radius 2 is 1.85 bits per heavy atom. The van der Waals surface area contributed by atoms with Gasteiger partial charge < -0.3 is 5.32 Å². The first-order chi connectivity index (χ1) is 9.47. The Labute approximate surface area is 129 Å². The van der Waals surface area contributed by atoms with Crippen LogP contribution >= 0.6 is 23.2 Å². The molecule has 1 aliphatic rings. The highest BCUT2D eigenvalue weighted by atomic mass is 35.5. The lowest BCUT2D eigenvalue weighted by Gasteiger charge is -2.38. The van der Waals surface area contributed by atoms with Gasteiger partial charge in [-0.1, -0.05) is 29.6 Å². The van der Waals surface area contributed by atoms with Crippen molar-refractivity contribution in [3.63, 3.8) is 0 Å². The predicted molar refractivity (Wildman–Crippen MR) is 83.2 cm³/mol. The van der Waals surface area contributed by atoms with E-state index in [0.717, 1.165) is 12.8 Å². The lowest BCUT2D eigenvalue weighted by molar-refractivity contribution is 0.0625. The average Bonchev–Trinajstić information content (AvgIpc) is 2.38. The molecule has 2 N–H and O–H groups in total. The lowest BCUT2D eigenvalue weighted by Crippen LogP contribution is -2.55. The van der Waals surface area contributed by atoms with Gasteiger partial charge in [-0.15, -0.1) is 0 Å². The molecule has 110 valence electrons. The number of piperidine rings is 1. The Balaban J connectivity index is 1.96. The van der Waals surface area contributed by atoms with Crippen LogP contribution in [0.4, 0.5) is 10.5 Å². The topological polar surface area (TPSA) is 44.4 Å². The van der Waals surface area contributed by atoms with Crippen LogP contribution in [0.25, 0.3) is 0 Å². The fourth-order valence-electron chi connectivity index (χ4n) is 2.49. The van der Waals surface area contributed by atoms with E-state index in [4.69, 9.17) is 23.2 Å². The van der Waals surface area contributed by atoms with E-state index < -0.39 is 0 Å². The van der Waals surface area contributed by atoms with Crippen LogP contribution in [0, 0.1) is 0 Å². The molecule has 2 amide bonds. The number of carbonyl (C=O) groups is 1. The number of amides is 2. The standard InChI is InChI=1S/C14H19Cl2N3O/c1-9-4-3-5-10(2)19(9)18-14(20)17-11-6-7-12(15)13(16)8-11/h6-10H,3-5H2,1-2H3,(H2,17,18,20)/t9-,10-/m0/s1. The van der Waals surface area contributed by atoms with Crippen LogP contribution in [-0.4, -0.2) is 23.1 Å². The van der Waals surface area contributed by atoms with Crippen LogP contribution < -0.4 is 10.7 Å². The molecular formula is C14H19Cl2N3O. The molecule has 0 aromatic heterocycles. The lowest BCUT2D eigenvalue weighted by atomic mass is 10.00. The summed E-state index contributed by atoms with van der Waals surface area (Å²) in [5.41, 5.74) is 3.53. The van der Waals surface area contributed by atoms with Crippen molar-refractivity contribution in [3.05, 3.63) is 28.2 Å². The summed E-state index contributed by atoms with van der Waals surface area (Å²) in [6, 6.07) is 5.44. The van der Waals surface area contributed by atoms with E-state index in [1.54, 1.807) is 18.2 Å². The largest absolute Gasteiger partial charge is 0.333 e. The summed E-state index contributed by atoms with van der Waals surface area (Å²) < 4.78 is 0. The Hall–Kier alpha value is -0.970. The summed E-state index contributed by atoms with van der Waals surface area (Å²) in [7, 11) is 0. The molecule has 2 rings (SSSR count). The number of benzene rings is 1. The molecule has 4 nitrogen and oxygen atoms in total. The SMILES string of the molecule is C[C@H]1CCC[C@H](C)N1NC(=O)Nc1ccc(Cl)c(Cl)c1. The average molecular weight is 316 g/mol. The van der Waals surface area contributed by atoms with Crippen molar-refractivity contribution in [1.82, 2.24) is 10.4 Å². The molecule has 6 heteroatoms. The van der Waals surface area contributed by atoms with E-state index in [-0.39, 0.29) is 6.03 Å². The van der Waals surface area contributed by atoms with Gasteiger partial charge in [0.15, 0.2) is 0 Å². The minimum absolute atomic E-state index is 0.260. The van der Waals surface area contributed by atoms with Gasteiger partial charge >= 0.3 is 6.03 Å². The number of nitrogens with zero attached hydrogens (tertiary/aromatic N) is 1. The van der Waals surface area contributed by atoms with Crippen molar-refractivity contribution in [2.75, 3.05) is 5.32 Å². The maximum Gasteiger partial charge on any atom is 0.333 e. The summed E-state index contributed by atoms with van der Waals surface area (Å²) in [4.78, 5) is 12.0. The number of carbonyl (C=O) groups excluding carboxylic acids is 1. The second kappa shape index (κ2) is 6.66. The minimum atomic E-state index is -0.260. The van der Waals surface area contributed by atoms with Gasteiger partial charge in [-0.05, 0) is 44.9 Å². The molecule has 2 atom stereocenters. The van der Waals surface area contributed by atoms with Gasteiger partial charge in [-0.25, -0.2) is 9.80 Å². The van der Waals surface area contributed by atoms with Gasteiger partial charge in [0.2, 0.25) is 0 Å². The number of rotatable bonds is 2. The van der Waals surface area contributed by atoms with Crippen molar-refractivity contribution in [3.8, 4) is 0 Å². The van der Waals surface area contributed by atoms with Crippen molar-refractivity contribution in [2.24, 2.45) is 0 Å². The molecule has 1 fully saturated rings. The Morgan fingerprint density at radius 3 is 2.45 bits per heavy atom. The molecule has 1 aromatic carbocycles. The second-order valence-corrected chi connectivity index (χ2v) is 6.05. The van der Waals surface area contributed by atoms with Gasteiger partial charge in [0, 0.05) is 17.8 Å². The number of anilines is 1. The molecule has 1 saturated heterocycles. The van der Waals surface area contributed by atoms with Crippen LogP contribution in [0.1, 0.15) is 33.1 Å². The smallest absolute Gasteiger partial charge is 0.307 e. The predicted octanol–water partition coefficient (Wildman–Crippen LogP) is 4.29. The minimum Gasteiger partial charge on any atom is -0.307 e. The van der Waals surface area contributed by atoms with Crippen molar-refractivity contribution in [2.45, 2.75) is 45.2 Å². The first kappa shape index (κ1) is 15.4. The summed E-state index contributed by atoms with van der Waals surface area (Å²) in [5, 5.41) is 5.66. The van der Waals surface area contributed by atoms with Crippen LogP contribution in [-0.2, 0) is 0 Å². The molecule has 1 aliphatic heterocycles. The van der Waals surface area contributed by atoms with Gasteiger partial charge in [0.25, 0.3) is 0 Å². The second-order valence-electron chi connectivity index (χ2n) is 5.23. The molecule has 1 aromatic rings. The summed E-state index contributed by atoms with van der Waals surface area (Å²) in [6.07, 6.45) is 3.39. The van der Waals surface area contributed by atoms with Crippen LogP contribution in [0.3, 0.4) is 0 Å². The summed E-state index contributed by atoms with van der Waals surface area (Å²) >= 11 is 11.8. The highest BCUT2D eigenvalue weighted by Gasteiger charge is 2.26. The van der Waals surface area contributed by atoms with Crippen molar-refractivity contribution < 1.29 is 4.79 Å². The van der Waals surface area contributed by atoms with Crippen LogP contribution in [0.15, 0.2) is 18.2 Å². The zero-order valence-electron chi connectivity index (χ0n) is 11.6. The number of hydrazine groups is 1. The first-order valence-corrected chi connectivity index (χ1v) is 7.54. The highest BCUT2D eigenvalue weighted by Crippen LogP contribution is 2.25. The van der Waals surface area contributed by atoms with Gasteiger partial charge in [-0.3, -0.25) is 5.43 Å². The third-order valence-corrected chi connectivity index (χ3v) is 4.34. The number of hydrogen-bond acceptors (Lipinski definition) is 2. The Bertz CT molecular complexity index is 485. The molecule has 0 spiro atoms. The summed E-state index contributed by atoms with van der Waals surface area (Å²) in [5.74, 6) is 0. The van der Waals surface area contributed by atoms with E-state index in [0.29, 0.717) is 27.8 Å². The van der Waals surface area contributed by atoms with Crippen LogP contribution in [0.2, 0.25) is 10.0 Å². The molecule has 1 heterocycles. The van der Waals surface area contributed by atoms with Crippen molar-refractivity contribution in [1.29, 1.82) is 0 Å². The maximum atomic E-state index is 12.0. The molecule has 0 aliphatic carbocycles. The normalized spacial score (nSPS) is 23.4. The third-order valence-electron chi connectivity index (χ3n) is 3.60. The van der Waals surface area contributed by atoms with Crippen molar-refractivity contribution >= 4 is 34.9 Å². The third kappa shape index (κ3) is 3.78. The number of halogens is 2. The van der Waals surface area contributed by atoms with Gasteiger partial charge in [0.1, 0.15) is 0 Å². The fraction of sp³-hybridized carbons (Fsp3) is 0.500. The molecule has 0 radical (unpaired) electrons. The summed E-state index contributed by atoms with van der Waals surface area (Å²) in [6.45, 7) is 4.24. The van der Waals surface area contributed by atoms with Gasteiger partial charge in [-0.2, -0.15) is 0 Å². The molecule has 20 heavy (non-hydrogen) atoms. The monoisotopic (exact) mass is 315 g/mol. The first-order valence-electron chi connectivity index (χ1n) is 6.78. The van der Waals surface area contributed by atoms with E-state index in [1.807, 2.05) is 5.01 Å². The number of hydrogen-bond donors (Lipinski definition) is 2. The molecule has 0 saturated carbocycles. The van der Waals surface area contributed by atoms with E-state index in [2.05, 4.69) is 24.6 Å². The number of urea groups is 1. The highest BCUT2D eigenvalue weighted by molar-refractivity contribution is 6.42. The number of nitrogens with one attached hydrogen (secondary N) is 2. The fourth-order valence-corrected chi connectivity index (χ4v) is 2.79. The maximum absolute atomic E-state index is 12.0. The van der Waals surface area contributed by atoms with E-state index in [9.17, 15) is 4.79 Å². The van der Waals surface area contributed by atoms with E-state index >= 15 is 0 Å². The molecule has 0 unspecified atom stereocenters. The van der Waals surface area contributed by atoms with E-state index in [1.165, 1.54) is 6.42 Å².